The molecule has 1 saturated heterocycles. The summed E-state index contributed by atoms with van der Waals surface area (Å²) < 4.78 is 5.04. The number of amides is 1. The number of alkyl carbamates (subject to hydrolysis) is 1. The summed E-state index contributed by atoms with van der Waals surface area (Å²) in [7, 11) is 0. The van der Waals surface area contributed by atoms with Crippen molar-refractivity contribution in [3.63, 3.8) is 0 Å². The van der Waals surface area contributed by atoms with Gasteiger partial charge in [0.25, 0.3) is 0 Å². The number of likely N-dealkylation sites (N-methyl/N-ethyl adjacent to an activating group) is 1. The van der Waals surface area contributed by atoms with E-state index in [1.165, 1.54) is 0 Å². The first kappa shape index (κ1) is 12.3. The lowest BCUT2D eigenvalue weighted by Gasteiger charge is -2.14. The van der Waals surface area contributed by atoms with Crippen molar-refractivity contribution in [3.8, 4) is 0 Å². The van der Waals surface area contributed by atoms with Crippen molar-refractivity contribution in [3.05, 3.63) is 0 Å². The molecule has 1 amide bonds. The molecular formula is C11H22N2O2. The Bertz CT molecular complexity index is 197. The third-order valence-corrected chi connectivity index (χ3v) is 2.77. The maximum absolute atomic E-state index is 11.3. The molecule has 1 rings (SSSR count). The third kappa shape index (κ3) is 4.51. The largest absolute Gasteiger partial charge is 0.450 e. The van der Waals surface area contributed by atoms with Gasteiger partial charge in [0, 0.05) is 19.1 Å². The molecule has 0 spiro atoms. The minimum absolute atomic E-state index is 0.258. The molecule has 0 saturated carbocycles. The monoisotopic (exact) mass is 214 g/mol. The van der Waals surface area contributed by atoms with Crippen LogP contribution in [-0.2, 0) is 4.74 Å². The quantitative estimate of drug-likeness (QED) is 0.707. The molecule has 4 heteroatoms. The van der Waals surface area contributed by atoms with Crippen LogP contribution in [0.15, 0.2) is 0 Å². The first-order valence-electron chi connectivity index (χ1n) is 5.91. The average molecular weight is 214 g/mol. The van der Waals surface area contributed by atoms with Crippen LogP contribution >= 0.6 is 0 Å². The van der Waals surface area contributed by atoms with Crippen molar-refractivity contribution in [1.29, 1.82) is 0 Å². The molecule has 88 valence electrons. The molecule has 4 nitrogen and oxygen atoms in total. The summed E-state index contributed by atoms with van der Waals surface area (Å²) in [5.74, 6) is 0. The molecule has 0 aromatic carbocycles. The molecule has 0 aliphatic carbocycles. The molecule has 1 N–H and O–H groups in total. The number of nitrogens with zero attached hydrogens (tertiary/aromatic N) is 1. The fourth-order valence-corrected chi connectivity index (χ4v) is 1.76. The SMILES string of the molecule is CCCCOC(=O)NC1CCN(CC)C1. The van der Waals surface area contributed by atoms with Crippen LogP contribution in [0.4, 0.5) is 4.79 Å². The standard InChI is InChI=1S/C11H22N2O2/c1-3-5-8-15-11(14)12-10-6-7-13(4-2)9-10/h10H,3-9H2,1-2H3,(H,12,14). The number of carbonyl (C=O) groups is 1. The van der Waals surface area contributed by atoms with E-state index in [2.05, 4.69) is 24.1 Å². The number of likely N-dealkylation sites (tertiary alicyclic amines) is 1. The van der Waals surface area contributed by atoms with Gasteiger partial charge in [-0.2, -0.15) is 0 Å². The van der Waals surface area contributed by atoms with Crippen molar-refractivity contribution < 1.29 is 9.53 Å². The molecule has 0 bridgehead atoms. The molecule has 1 heterocycles. The number of unbranched alkanes of at least 4 members (excludes halogenated alkanes) is 1. The van der Waals surface area contributed by atoms with Crippen LogP contribution in [0.5, 0.6) is 0 Å². The van der Waals surface area contributed by atoms with Gasteiger partial charge in [-0.1, -0.05) is 20.3 Å². The Balaban J connectivity index is 2.10. The number of nitrogens with one attached hydrogen (secondary N) is 1. The van der Waals surface area contributed by atoms with Crippen molar-refractivity contribution in [2.45, 2.75) is 39.2 Å². The van der Waals surface area contributed by atoms with Crippen LogP contribution in [0, 0.1) is 0 Å². The molecule has 0 radical (unpaired) electrons. The van der Waals surface area contributed by atoms with Gasteiger partial charge in [-0.05, 0) is 19.4 Å². The number of hydrogen-bond acceptors (Lipinski definition) is 3. The fourth-order valence-electron chi connectivity index (χ4n) is 1.76. The van der Waals surface area contributed by atoms with E-state index in [4.69, 9.17) is 4.74 Å². The van der Waals surface area contributed by atoms with Gasteiger partial charge >= 0.3 is 6.09 Å². The highest BCUT2D eigenvalue weighted by Gasteiger charge is 2.22. The Morgan fingerprint density at radius 1 is 1.53 bits per heavy atom. The third-order valence-electron chi connectivity index (χ3n) is 2.77. The van der Waals surface area contributed by atoms with Crippen molar-refractivity contribution in [1.82, 2.24) is 10.2 Å². The van der Waals surface area contributed by atoms with Crippen LogP contribution in [0.25, 0.3) is 0 Å². The second kappa shape index (κ2) is 6.67. The normalized spacial score (nSPS) is 21.6. The van der Waals surface area contributed by atoms with Crippen LogP contribution in [0.2, 0.25) is 0 Å². The summed E-state index contributed by atoms with van der Waals surface area (Å²) in [6.45, 7) is 7.85. The lowest BCUT2D eigenvalue weighted by molar-refractivity contribution is 0.140. The lowest BCUT2D eigenvalue weighted by Crippen LogP contribution is -2.37. The van der Waals surface area contributed by atoms with Crippen LogP contribution in [-0.4, -0.2) is 43.3 Å². The molecule has 1 aliphatic rings. The predicted octanol–water partition coefficient (Wildman–Crippen LogP) is 1.61. The van der Waals surface area contributed by atoms with E-state index in [0.717, 1.165) is 38.9 Å². The first-order chi connectivity index (χ1) is 7.26. The van der Waals surface area contributed by atoms with E-state index < -0.39 is 0 Å². The van der Waals surface area contributed by atoms with Crippen LogP contribution in [0.1, 0.15) is 33.1 Å². The fraction of sp³-hybridized carbons (Fsp3) is 0.909. The van der Waals surface area contributed by atoms with E-state index >= 15 is 0 Å². The van der Waals surface area contributed by atoms with E-state index in [0.29, 0.717) is 6.61 Å². The predicted molar refractivity (Wildman–Crippen MR) is 59.9 cm³/mol. The minimum Gasteiger partial charge on any atom is -0.450 e. The molecular weight excluding hydrogens is 192 g/mol. The van der Waals surface area contributed by atoms with Gasteiger partial charge in [-0.15, -0.1) is 0 Å². The van der Waals surface area contributed by atoms with Gasteiger partial charge in [0.2, 0.25) is 0 Å². The van der Waals surface area contributed by atoms with Gasteiger partial charge < -0.3 is 15.0 Å². The van der Waals surface area contributed by atoms with Gasteiger partial charge in [0.1, 0.15) is 0 Å². The molecule has 1 aliphatic heterocycles. The number of hydrogen-bond donors (Lipinski definition) is 1. The van der Waals surface area contributed by atoms with Crippen molar-refractivity contribution >= 4 is 6.09 Å². The zero-order chi connectivity index (χ0) is 11.1. The zero-order valence-corrected chi connectivity index (χ0v) is 9.79. The minimum atomic E-state index is -0.258. The van der Waals surface area contributed by atoms with Crippen molar-refractivity contribution in [2.24, 2.45) is 0 Å². The smallest absolute Gasteiger partial charge is 0.407 e. The molecule has 1 fully saturated rings. The number of carbonyl (C=O) groups excluding carboxylic acids is 1. The zero-order valence-electron chi connectivity index (χ0n) is 9.79. The second-order valence-electron chi connectivity index (χ2n) is 4.01. The molecule has 1 atom stereocenters. The van der Waals surface area contributed by atoms with Gasteiger partial charge in [-0.25, -0.2) is 4.79 Å². The van der Waals surface area contributed by atoms with Crippen LogP contribution in [0.3, 0.4) is 0 Å². The topological polar surface area (TPSA) is 41.6 Å². The maximum Gasteiger partial charge on any atom is 0.407 e. The Morgan fingerprint density at radius 3 is 2.93 bits per heavy atom. The Kier molecular flexibility index (Phi) is 5.47. The van der Waals surface area contributed by atoms with E-state index in [9.17, 15) is 4.79 Å². The highest BCUT2D eigenvalue weighted by atomic mass is 16.5. The Labute approximate surface area is 92.0 Å². The Morgan fingerprint density at radius 2 is 2.33 bits per heavy atom. The van der Waals surface area contributed by atoms with Crippen molar-refractivity contribution in [2.75, 3.05) is 26.2 Å². The summed E-state index contributed by atoms with van der Waals surface area (Å²) >= 11 is 0. The second-order valence-corrected chi connectivity index (χ2v) is 4.01. The number of rotatable bonds is 5. The van der Waals surface area contributed by atoms with E-state index in [-0.39, 0.29) is 12.1 Å². The Hall–Kier alpha value is -0.770. The molecule has 15 heavy (non-hydrogen) atoms. The van der Waals surface area contributed by atoms with E-state index in [1.54, 1.807) is 0 Å². The summed E-state index contributed by atoms with van der Waals surface area (Å²) in [4.78, 5) is 13.6. The highest BCUT2D eigenvalue weighted by molar-refractivity contribution is 5.67. The summed E-state index contributed by atoms with van der Waals surface area (Å²) in [6.07, 6.45) is 2.78. The van der Waals surface area contributed by atoms with E-state index in [1.807, 2.05) is 0 Å². The first-order valence-corrected chi connectivity index (χ1v) is 5.91. The molecule has 1 unspecified atom stereocenters. The van der Waals surface area contributed by atoms with Gasteiger partial charge in [0.15, 0.2) is 0 Å². The van der Waals surface area contributed by atoms with Gasteiger partial charge in [-0.3, -0.25) is 0 Å². The maximum atomic E-state index is 11.3. The summed E-state index contributed by atoms with van der Waals surface area (Å²) in [5, 5.41) is 2.90. The summed E-state index contributed by atoms with van der Waals surface area (Å²) in [5.41, 5.74) is 0. The lowest BCUT2D eigenvalue weighted by atomic mass is 10.3. The average Bonchev–Trinajstić information content (AvgIpc) is 2.66. The number of ether oxygens (including phenoxy) is 1. The highest BCUT2D eigenvalue weighted by Crippen LogP contribution is 2.08. The van der Waals surface area contributed by atoms with Gasteiger partial charge in [0.05, 0.1) is 6.61 Å². The van der Waals surface area contributed by atoms with Crippen LogP contribution < -0.4 is 5.32 Å². The molecule has 0 aromatic rings. The summed E-state index contributed by atoms with van der Waals surface area (Å²) in [6, 6.07) is 0.277. The molecule has 0 aromatic heterocycles.